The number of benzene rings is 1. The van der Waals surface area contributed by atoms with Crippen molar-refractivity contribution >= 4 is 21.6 Å². The van der Waals surface area contributed by atoms with Gasteiger partial charge in [-0.1, -0.05) is 6.92 Å². The Balaban J connectivity index is 1.93. The number of hydrogen-bond donors (Lipinski definition) is 2. The number of aliphatic hydroxyl groups is 1. The van der Waals surface area contributed by atoms with Crippen LogP contribution in [-0.2, 0) is 10.0 Å². The number of sulfonamides is 1. The molecule has 30 heavy (non-hydrogen) atoms. The highest BCUT2D eigenvalue weighted by Gasteiger charge is 2.34. The second kappa shape index (κ2) is 9.11. The Morgan fingerprint density at radius 3 is 2.63 bits per heavy atom. The average Bonchev–Trinajstić information content (AvgIpc) is 3.47. The van der Waals surface area contributed by atoms with Crippen molar-refractivity contribution in [1.29, 1.82) is 0 Å². The molecule has 0 bridgehead atoms. The molecule has 0 spiro atoms. The number of aliphatic hydroxyl groups excluding tert-OH is 1. The van der Waals surface area contributed by atoms with Crippen LogP contribution < -0.4 is 9.46 Å². The molecular formula is C21H33N3O5S. The number of rotatable bonds is 8. The van der Waals surface area contributed by atoms with E-state index in [-0.39, 0.29) is 30.6 Å². The standard InChI is InChI=1S/C21H33N3O5S/c1-14-10-24(15(2)13-25)21(26)18-9-17(22-30(4,27)28)7-8-19(18)29-20(14)12-23(3)11-16-5-6-16/h7-9,14-16,20,22,25H,5-6,10-13H2,1-4H3/t14-,15+,20-/m1/s1. The van der Waals surface area contributed by atoms with Crippen molar-refractivity contribution in [1.82, 2.24) is 9.80 Å². The number of anilines is 1. The van der Waals surface area contributed by atoms with Crippen LogP contribution in [0.25, 0.3) is 0 Å². The molecule has 1 heterocycles. The molecule has 0 unspecified atom stereocenters. The SMILES string of the molecule is C[C@@H]1CN([C@@H](C)CO)C(=O)c2cc(NS(C)(=O)=O)ccc2O[C@@H]1CN(C)CC1CC1. The normalized spacial score (nSPS) is 23.4. The van der Waals surface area contributed by atoms with Gasteiger partial charge in [0.2, 0.25) is 10.0 Å². The minimum absolute atomic E-state index is 0.0616. The van der Waals surface area contributed by atoms with E-state index in [1.807, 2.05) is 0 Å². The first-order valence-electron chi connectivity index (χ1n) is 10.5. The number of nitrogens with one attached hydrogen (secondary N) is 1. The molecule has 3 rings (SSSR count). The second-order valence-electron chi connectivity index (χ2n) is 8.87. The number of nitrogens with zero attached hydrogens (tertiary/aromatic N) is 2. The van der Waals surface area contributed by atoms with Crippen molar-refractivity contribution in [2.75, 3.05) is 44.3 Å². The molecule has 0 saturated heterocycles. The van der Waals surface area contributed by atoms with Gasteiger partial charge in [0.15, 0.2) is 0 Å². The van der Waals surface area contributed by atoms with Crippen LogP contribution in [0.15, 0.2) is 18.2 Å². The fourth-order valence-corrected chi connectivity index (χ4v) is 4.40. The van der Waals surface area contributed by atoms with E-state index in [2.05, 4.69) is 23.6 Å². The van der Waals surface area contributed by atoms with Gasteiger partial charge in [-0.05, 0) is 50.9 Å². The summed E-state index contributed by atoms with van der Waals surface area (Å²) in [7, 11) is -1.39. The number of hydrogen-bond acceptors (Lipinski definition) is 6. The first kappa shape index (κ1) is 22.8. The van der Waals surface area contributed by atoms with Gasteiger partial charge in [-0.2, -0.15) is 0 Å². The predicted molar refractivity (Wildman–Crippen MR) is 116 cm³/mol. The van der Waals surface area contributed by atoms with Gasteiger partial charge in [-0.15, -0.1) is 0 Å². The molecule has 2 N–H and O–H groups in total. The maximum absolute atomic E-state index is 13.3. The third kappa shape index (κ3) is 5.86. The molecule has 1 aromatic rings. The van der Waals surface area contributed by atoms with E-state index in [1.165, 1.54) is 18.9 Å². The molecule has 168 valence electrons. The highest BCUT2D eigenvalue weighted by molar-refractivity contribution is 7.92. The van der Waals surface area contributed by atoms with Gasteiger partial charge in [0.05, 0.1) is 24.5 Å². The lowest BCUT2D eigenvalue weighted by Crippen LogP contribution is -2.50. The fraction of sp³-hybridized carbons (Fsp3) is 0.667. The van der Waals surface area contributed by atoms with Gasteiger partial charge >= 0.3 is 0 Å². The van der Waals surface area contributed by atoms with Crippen LogP contribution in [0.5, 0.6) is 5.75 Å². The largest absolute Gasteiger partial charge is 0.488 e. The van der Waals surface area contributed by atoms with Gasteiger partial charge < -0.3 is 19.6 Å². The van der Waals surface area contributed by atoms with Crippen LogP contribution in [0.2, 0.25) is 0 Å². The van der Waals surface area contributed by atoms with E-state index >= 15 is 0 Å². The van der Waals surface area contributed by atoms with Gasteiger partial charge in [0.1, 0.15) is 11.9 Å². The fourth-order valence-electron chi connectivity index (χ4n) is 3.84. The maximum Gasteiger partial charge on any atom is 0.258 e. The quantitative estimate of drug-likeness (QED) is 0.639. The lowest BCUT2D eigenvalue weighted by molar-refractivity contribution is 0.0344. The Morgan fingerprint density at radius 1 is 1.33 bits per heavy atom. The molecule has 1 amide bonds. The van der Waals surface area contributed by atoms with Gasteiger partial charge in [0.25, 0.3) is 5.91 Å². The Hall–Kier alpha value is -1.84. The molecule has 0 radical (unpaired) electrons. The summed E-state index contributed by atoms with van der Waals surface area (Å²) in [5.74, 6) is 0.987. The lowest BCUT2D eigenvalue weighted by Gasteiger charge is -2.38. The Kier molecular flexibility index (Phi) is 6.94. The highest BCUT2D eigenvalue weighted by atomic mass is 32.2. The molecule has 0 aromatic heterocycles. The minimum atomic E-state index is -3.48. The van der Waals surface area contributed by atoms with Crippen LogP contribution in [0, 0.1) is 11.8 Å². The van der Waals surface area contributed by atoms with Crippen LogP contribution in [-0.4, -0.2) is 80.9 Å². The zero-order valence-electron chi connectivity index (χ0n) is 18.2. The first-order chi connectivity index (χ1) is 14.1. The first-order valence-corrected chi connectivity index (χ1v) is 12.4. The van der Waals surface area contributed by atoms with E-state index in [4.69, 9.17) is 4.74 Å². The van der Waals surface area contributed by atoms with Crippen molar-refractivity contribution < 1.29 is 23.1 Å². The molecule has 2 aliphatic rings. The minimum Gasteiger partial charge on any atom is -0.488 e. The van der Waals surface area contributed by atoms with Crippen molar-refractivity contribution in [2.24, 2.45) is 11.8 Å². The monoisotopic (exact) mass is 439 g/mol. The second-order valence-corrected chi connectivity index (χ2v) is 10.6. The predicted octanol–water partition coefficient (Wildman–Crippen LogP) is 1.62. The van der Waals surface area contributed by atoms with Crippen molar-refractivity contribution in [2.45, 2.75) is 38.8 Å². The lowest BCUT2D eigenvalue weighted by atomic mass is 9.99. The Labute approximate surface area is 179 Å². The Bertz CT molecular complexity index is 871. The highest BCUT2D eigenvalue weighted by Crippen LogP contribution is 2.32. The molecule has 1 aliphatic carbocycles. The number of fused-ring (bicyclic) bond motifs is 1. The van der Waals surface area contributed by atoms with E-state index < -0.39 is 10.0 Å². The van der Waals surface area contributed by atoms with E-state index in [1.54, 1.807) is 24.0 Å². The molecule has 3 atom stereocenters. The van der Waals surface area contributed by atoms with Crippen LogP contribution in [0.4, 0.5) is 5.69 Å². The summed E-state index contributed by atoms with van der Waals surface area (Å²) in [6.07, 6.45) is 3.49. The molecule has 1 aromatic carbocycles. The zero-order chi connectivity index (χ0) is 22.1. The third-order valence-electron chi connectivity index (χ3n) is 5.73. The number of amides is 1. The van der Waals surface area contributed by atoms with Crippen LogP contribution >= 0.6 is 0 Å². The maximum atomic E-state index is 13.3. The van der Waals surface area contributed by atoms with Crippen LogP contribution in [0.1, 0.15) is 37.0 Å². The summed E-state index contributed by atoms with van der Waals surface area (Å²) in [6, 6.07) is 4.40. The van der Waals surface area contributed by atoms with E-state index in [0.717, 1.165) is 25.3 Å². The number of likely N-dealkylation sites (N-methyl/N-ethyl adjacent to an activating group) is 1. The van der Waals surface area contributed by atoms with Gasteiger partial charge in [-0.25, -0.2) is 8.42 Å². The molecule has 8 nitrogen and oxygen atoms in total. The third-order valence-corrected chi connectivity index (χ3v) is 6.33. The summed E-state index contributed by atoms with van der Waals surface area (Å²) in [6.45, 7) is 5.93. The zero-order valence-corrected chi connectivity index (χ0v) is 19.0. The Morgan fingerprint density at radius 2 is 2.03 bits per heavy atom. The van der Waals surface area contributed by atoms with Gasteiger partial charge in [0, 0.05) is 31.2 Å². The molecule has 1 fully saturated rings. The topological polar surface area (TPSA) is 99.2 Å². The van der Waals surface area contributed by atoms with E-state index in [0.29, 0.717) is 23.5 Å². The van der Waals surface area contributed by atoms with E-state index in [9.17, 15) is 18.3 Å². The summed E-state index contributed by atoms with van der Waals surface area (Å²) in [5.41, 5.74) is 0.603. The summed E-state index contributed by atoms with van der Waals surface area (Å²) < 4.78 is 32.0. The smallest absolute Gasteiger partial charge is 0.258 e. The number of ether oxygens (including phenoxy) is 1. The summed E-state index contributed by atoms with van der Waals surface area (Å²) >= 11 is 0. The molecule has 1 saturated carbocycles. The molecule has 1 aliphatic heterocycles. The summed E-state index contributed by atoms with van der Waals surface area (Å²) in [4.78, 5) is 17.2. The summed E-state index contributed by atoms with van der Waals surface area (Å²) in [5, 5.41) is 9.70. The number of carbonyl (C=O) groups excluding carboxylic acids is 1. The molecule has 9 heteroatoms. The number of carbonyl (C=O) groups is 1. The van der Waals surface area contributed by atoms with Crippen molar-refractivity contribution in [3.8, 4) is 5.75 Å². The van der Waals surface area contributed by atoms with Crippen molar-refractivity contribution in [3.05, 3.63) is 23.8 Å². The van der Waals surface area contributed by atoms with Crippen LogP contribution in [0.3, 0.4) is 0 Å². The molecular weight excluding hydrogens is 406 g/mol. The van der Waals surface area contributed by atoms with Gasteiger partial charge in [-0.3, -0.25) is 9.52 Å². The average molecular weight is 440 g/mol. The van der Waals surface area contributed by atoms with Crippen molar-refractivity contribution in [3.63, 3.8) is 0 Å².